The number of fused-ring (bicyclic) bond motifs is 1. The molecule has 0 bridgehead atoms. The maximum absolute atomic E-state index is 14.0. The second-order valence-corrected chi connectivity index (χ2v) is 12.3. The van der Waals surface area contributed by atoms with Gasteiger partial charge in [-0.3, -0.25) is 9.59 Å². The van der Waals surface area contributed by atoms with Crippen LogP contribution in [0, 0.1) is 13.8 Å². The van der Waals surface area contributed by atoms with Crippen LogP contribution in [0.4, 0.5) is 51.1 Å². The molecular weight excluding hydrogens is 699 g/mol. The molecule has 0 fully saturated rings. The molecule has 3 rings (SSSR count). The number of alkyl halides is 9. The van der Waals surface area contributed by atoms with Crippen molar-refractivity contribution in [2.75, 3.05) is 30.5 Å². The summed E-state index contributed by atoms with van der Waals surface area (Å²) in [6, 6.07) is 1.16. The molecule has 51 heavy (non-hydrogen) atoms. The normalized spacial score (nSPS) is 14.5. The van der Waals surface area contributed by atoms with Gasteiger partial charge in [0.05, 0.1) is 44.3 Å². The Kier molecular flexibility index (Phi) is 16.7. The molecule has 1 atom stereocenters. The van der Waals surface area contributed by atoms with Crippen molar-refractivity contribution in [2.24, 2.45) is 7.05 Å². The van der Waals surface area contributed by atoms with Gasteiger partial charge in [0.1, 0.15) is 0 Å². The lowest BCUT2D eigenvalue weighted by molar-refractivity contribution is -0.141. The minimum Gasteiger partial charge on any atom is -0.469 e. The van der Waals surface area contributed by atoms with Gasteiger partial charge >= 0.3 is 24.5 Å². The third kappa shape index (κ3) is 15.3. The zero-order chi connectivity index (χ0) is 39.5. The Morgan fingerprint density at radius 1 is 1.04 bits per heavy atom. The van der Waals surface area contributed by atoms with E-state index >= 15 is 0 Å². The molecule has 0 N–H and O–H groups in total. The van der Waals surface area contributed by atoms with Gasteiger partial charge in [0.15, 0.2) is 0 Å². The smallest absolute Gasteiger partial charge is 0.416 e. The minimum atomic E-state index is -4.57. The molecule has 0 saturated heterocycles. The number of tetrazole rings is 1. The van der Waals surface area contributed by atoms with Crippen LogP contribution in [-0.4, -0.2) is 65.1 Å². The number of rotatable bonds is 8. The molecule has 0 radical (unpaired) electrons. The molecule has 1 aliphatic heterocycles. The number of halogens is 9. The number of esters is 1. The van der Waals surface area contributed by atoms with E-state index in [0.717, 1.165) is 0 Å². The lowest BCUT2D eigenvalue weighted by Gasteiger charge is -2.32. The summed E-state index contributed by atoms with van der Waals surface area (Å²) in [5.74, 6) is -0.425. The largest absolute Gasteiger partial charge is 0.469 e. The first-order chi connectivity index (χ1) is 23.3. The molecule has 1 aliphatic rings. The summed E-state index contributed by atoms with van der Waals surface area (Å²) in [6.45, 7) is 10.9. The van der Waals surface area contributed by atoms with E-state index in [0.29, 0.717) is 29.9 Å². The maximum Gasteiger partial charge on any atom is 0.416 e. The monoisotopic (exact) mass is 744 g/mol. The average Bonchev–Trinajstić information content (AvgIpc) is 3.31. The van der Waals surface area contributed by atoms with Crippen molar-refractivity contribution in [3.8, 4) is 0 Å². The molecule has 0 aliphatic carbocycles. The molecule has 9 nitrogen and oxygen atoms in total. The van der Waals surface area contributed by atoms with Crippen molar-refractivity contribution in [1.29, 1.82) is 0 Å². The Morgan fingerprint density at radius 3 is 2.06 bits per heavy atom. The van der Waals surface area contributed by atoms with Gasteiger partial charge in [-0.2, -0.15) is 44.3 Å². The van der Waals surface area contributed by atoms with Crippen LogP contribution in [0.15, 0.2) is 29.9 Å². The molecule has 288 valence electrons. The van der Waals surface area contributed by atoms with Crippen molar-refractivity contribution in [3.05, 3.63) is 52.1 Å². The van der Waals surface area contributed by atoms with Gasteiger partial charge in [-0.15, -0.1) is 5.10 Å². The minimum absolute atomic E-state index is 0.0104. The van der Waals surface area contributed by atoms with Gasteiger partial charge in [0.2, 0.25) is 5.91 Å². The number of ether oxygens (including phenoxy) is 1. The molecule has 18 heteroatoms. The van der Waals surface area contributed by atoms with Crippen LogP contribution in [0.5, 0.6) is 0 Å². The molecule has 1 amide bonds. The summed E-state index contributed by atoms with van der Waals surface area (Å²) in [7, 11) is 4.66. The van der Waals surface area contributed by atoms with Crippen LogP contribution in [0.1, 0.15) is 94.0 Å². The first-order valence-electron chi connectivity index (χ1n) is 15.8. The average molecular weight is 745 g/mol. The fourth-order valence-electron chi connectivity index (χ4n) is 5.25. The highest BCUT2D eigenvalue weighted by Gasteiger charge is 2.40. The Balaban J connectivity index is 0.000000630. The number of anilines is 2. The molecule has 2 aromatic rings. The number of carbonyl (C=O) groups is 2. The molecule has 1 aromatic heterocycles. The Labute approximate surface area is 291 Å². The summed E-state index contributed by atoms with van der Waals surface area (Å²) in [5, 5.41) is 12.1. The second-order valence-electron chi connectivity index (χ2n) is 12.3. The van der Waals surface area contributed by atoms with Crippen LogP contribution in [-0.2, 0) is 27.5 Å². The summed E-state index contributed by atoms with van der Waals surface area (Å²) in [5.41, 5.74) is 1.09. The lowest BCUT2D eigenvalue weighted by atomic mass is 9.91. The highest BCUT2D eigenvalue weighted by atomic mass is 19.4. The fraction of sp³-hybridized carbons (Fsp3) is 0.606. The summed E-state index contributed by atoms with van der Waals surface area (Å²) >= 11 is 0. The number of allylic oxidation sites excluding steroid dienone is 3. The highest BCUT2D eigenvalue weighted by Crippen LogP contribution is 2.45. The maximum atomic E-state index is 14.0. The van der Waals surface area contributed by atoms with Crippen molar-refractivity contribution < 1.29 is 53.8 Å². The van der Waals surface area contributed by atoms with E-state index in [2.05, 4.69) is 26.7 Å². The number of hydrogen-bond acceptors (Lipinski definition) is 7. The van der Waals surface area contributed by atoms with E-state index < -0.39 is 42.9 Å². The van der Waals surface area contributed by atoms with Gasteiger partial charge in [0.25, 0.3) is 5.95 Å². The van der Waals surface area contributed by atoms with E-state index in [9.17, 15) is 49.1 Å². The third-order valence-corrected chi connectivity index (χ3v) is 7.37. The molecule has 0 saturated carbocycles. The van der Waals surface area contributed by atoms with E-state index in [1.54, 1.807) is 32.8 Å². The molecule has 0 spiro atoms. The van der Waals surface area contributed by atoms with Crippen LogP contribution >= 0.6 is 0 Å². The van der Waals surface area contributed by atoms with Crippen LogP contribution < -0.4 is 9.80 Å². The van der Waals surface area contributed by atoms with Gasteiger partial charge in [-0.25, -0.2) is 0 Å². The Hall–Kier alpha value is -4.12. The van der Waals surface area contributed by atoms with E-state index in [-0.39, 0.29) is 60.1 Å². The van der Waals surface area contributed by atoms with Crippen molar-refractivity contribution in [2.45, 2.75) is 104 Å². The van der Waals surface area contributed by atoms with Crippen molar-refractivity contribution >= 4 is 23.5 Å². The number of carbonyl (C=O) groups excluding carboxylic acids is 2. The van der Waals surface area contributed by atoms with Crippen molar-refractivity contribution in [1.82, 2.24) is 20.2 Å². The first-order valence-corrected chi connectivity index (χ1v) is 15.8. The number of aryl methyl sites for hydroxylation is 2. The molecule has 1 aromatic carbocycles. The van der Waals surface area contributed by atoms with Crippen LogP contribution in [0.25, 0.3) is 0 Å². The lowest BCUT2D eigenvalue weighted by Crippen LogP contribution is -2.33. The highest BCUT2D eigenvalue weighted by molar-refractivity contribution is 5.96. The van der Waals surface area contributed by atoms with Crippen molar-refractivity contribution in [3.63, 3.8) is 0 Å². The number of benzene rings is 1. The second kappa shape index (κ2) is 18.9. The first kappa shape index (κ1) is 44.9. The van der Waals surface area contributed by atoms with E-state index in [4.69, 9.17) is 0 Å². The summed E-state index contributed by atoms with van der Waals surface area (Å²) in [4.78, 5) is 29.1. The van der Waals surface area contributed by atoms with Gasteiger partial charge in [-0.05, 0) is 75.8 Å². The standard InChI is InChI=1S/C22H29F3N6O3.C6H9F3.C5H7F3/c1-13-12-15-16(29(3)21-26-28-30(4)27-21)8-7-11-31(17(32)9-6-10-18(33)34-5)20(15)14(2)19(13)22(23,24)25;1-5(2)3-4-6(7,8)9;1-4(2)3-5(6,7)8/h12,16H,6-11H2,1-5H3;3H,4H2,1-2H3;1,3H2,2H3. The fourth-order valence-corrected chi connectivity index (χ4v) is 5.25. The summed E-state index contributed by atoms with van der Waals surface area (Å²) in [6.07, 6.45) is -11.7. The van der Waals surface area contributed by atoms with Gasteiger partial charge in [0, 0.05) is 26.4 Å². The zero-order valence-corrected chi connectivity index (χ0v) is 29.9. The Bertz CT molecular complexity index is 1510. The molecule has 2 heterocycles. The predicted octanol–water partition coefficient (Wildman–Crippen LogP) is 8.91. The molecule has 1 unspecified atom stereocenters. The molecular formula is C33H45F9N6O3. The Morgan fingerprint density at radius 2 is 1.65 bits per heavy atom. The van der Waals surface area contributed by atoms with Gasteiger partial charge < -0.3 is 14.5 Å². The zero-order valence-electron chi connectivity index (χ0n) is 29.9. The topological polar surface area (TPSA) is 93.5 Å². The van der Waals surface area contributed by atoms with Crippen LogP contribution in [0.2, 0.25) is 0 Å². The SMILES string of the molecule is C=C(C)CC(F)(F)F.CC(C)=CCC(F)(F)F.COC(=O)CCCC(=O)N1CCCC(N(C)c2nnn(C)n2)c2cc(C)c(C(F)(F)F)c(C)c21. The number of aromatic nitrogens is 4. The number of nitrogens with zero attached hydrogens (tertiary/aromatic N) is 6. The van der Waals surface area contributed by atoms with E-state index in [1.807, 2.05) is 0 Å². The third-order valence-electron chi connectivity index (χ3n) is 7.37. The number of hydrogen-bond donors (Lipinski definition) is 0. The summed E-state index contributed by atoms with van der Waals surface area (Å²) < 4.78 is 114. The van der Waals surface area contributed by atoms with E-state index in [1.165, 1.54) is 49.7 Å². The number of methoxy groups -OCH3 is 1. The van der Waals surface area contributed by atoms with Gasteiger partial charge in [-0.1, -0.05) is 35.0 Å². The van der Waals surface area contributed by atoms with Crippen LogP contribution in [0.3, 0.4) is 0 Å². The quantitative estimate of drug-likeness (QED) is 0.151. The number of amides is 1. The predicted molar refractivity (Wildman–Crippen MR) is 174 cm³/mol.